The number of anilines is 1. The zero-order chi connectivity index (χ0) is 20.1. The van der Waals surface area contributed by atoms with E-state index < -0.39 is 0 Å². The molecule has 0 N–H and O–H groups in total. The summed E-state index contributed by atoms with van der Waals surface area (Å²) in [5.74, 6) is -0.209. The quantitative estimate of drug-likeness (QED) is 0.455. The summed E-state index contributed by atoms with van der Waals surface area (Å²) in [6.45, 7) is 3.86. The Labute approximate surface area is 169 Å². The van der Waals surface area contributed by atoms with Crippen molar-refractivity contribution in [2.45, 2.75) is 0 Å². The van der Waals surface area contributed by atoms with Crippen LogP contribution < -0.4 is 4.90 Å². The van der Waals surface area contributed by atoms with Crippen molar-refractivity contribution in [2.24, 2.45) is 0 Å². The van der Waals surface area contributed by atoms with E-state index in [1.165, 1.54) is 11.1 Å². The molecule has 0 saturated heterocycles. The first-order chi connectivity index (χ1) is 14.3. The zero-order valence-electron chi connectivity index (χ0n) is 15.8. The van der Waals surface area contributed by atoms with Gasteiger partial charge in [0.05, 0.1) is 11.8 Å². The minimum atomic E-state index is -0.209. The first-order valence-corrected chi connectivity index (χ1v) is 9.27. The SMILES string of the molecule is C=CN(C(=O)c1c(-c2ccccc2)cnnc1-c1ccccc1)c1ccccc1. The van der Waals surface area contributed by atoms with E-state index in [0.29, 0.717) is 11.3 Å². The number of hydrogen-bond donors (Lipinski definition) is 0. The van der Waals surface area contributed by atoms with Gasteiger partial charge in [-0.3, -0.25) is 9.69 Å². The van der Waals surface area contributed by atoms with E-state index in [9.17, 15) is 4.79 Å². The Hall–Kier alpha value is -4.05. The number of carbonyl (C=O) groups excluding carboxylic acids is 1. The number of rotatable bonds is 5. The number of hydrogen-bond acceptors (Lipinski definition) is 3. The molecular formula is C25H19N3O. The van der Waals surface area contributed by atoms with Gasteiger partial charge in [-0.2, -0.15) is 5.10 Å². The lowest BCUT2D eigenvalue weighted by Gasteiger charge is -2.21. The van der Waals surface area contributed by atoms with E-state index in [1.807, 2.05) is 91.0 Å². The molecule has 0 radical (unpaired) electrons. The van der Waals surface area contributed by atoms with Gasteiger partial charge in [0.25, 0.3) is 5.91 Å². The van der Waals surface area contributed by atoms with E-state index in [0.717, 1.165) is 22.4 Å². The monoisotopic (exact) mass is 377 g/mol. The van der Waals surface area contributed by atoms with Crippen LogP contribution in [0.2, 0.25) is 0 Å². The first kappa shape index (κ1) is 18.3. The van der Waals surface area contributed by atoms with Crippen LogP contribution in [0.3, 0.4) is 0 Å². The molecule has 0 bridgehead atoms. The van der Waals surface area contributed by atoms with Gasteiger partial charge in [0, 0.05) is 23.0 Å². The molecular weight excluding hydrogens is 358 g/mol. The molecule has 1 heterocycles. The predicted molar refractivity (Wildman–Crippen MR) is 116 cm³/mol. The fraction of sp³-hybridized carbons (Fsp3) is 0. The second-order valence-corrected chi connectivity index (χ2v) is 6.41. The summed E-state index contributed by atoms with van der Waals surface area (Å²) in [5, 5.41) is 8.53. The Bertz CT molecular complexity index is 1070. The molecule has 0 aliphatic rings. The van der Waals surface area contributed by atoms with E-state index in [-0.39, 0.29) is 5.91 Å². The molecule has 4 heteroatoms. The summed E-state index contributed by atoms with van der Waals surface area (Å²) < 4.78 is 0. The highest BCUT2D eigenvalue weighted by molar-refractivity contribution is 6.14. The van der Waals surface area contributed by atoms with Crippen LogP contribution in [0.5, 0.6) is 0 Å². The predicted octanol–water partition coefficient (Wildman–Crippen LogP) is 5.60. The number of benzene rings is 3. The first-order valence-electron chi connectivity index (χ1n) is 9.27. The second kappa shape index (κ2) is 8.31. The molecule has 1 aromatic heterocycles. The second-order valence-electron chi connectivity index (χ2n) is 6.41. The van der Waals surface area contributed by atoms with Crippen LogP contribution in [0.1, 0.15) is 10.4 Å². The molecule has 29 heavy (non-hydrogen) atoms. The third kappa shape index (κ3) is 3.69. The summed E-state index contributed by atoms with van der Waals surface area (Å²) in [4.78, 5) is 15.3. The highest BCUT2D eigenvalue weighted by Gasteiger charge is 2.25. The smallest absolute Gasteiger partial charge is 0.265 e. The van der Waals surface area contributed by atoms with Crippen LogP contribution in [0.4, 0.5) is 5.69 Å². The van der Waals surface area contributed by atoms with Gasteiger partial charge < -0.3 is 0 Å². The normalized spacial score (nSPS) is 10.3. The summed E-state index contributed by atoms with van der Waals surface area (Å²) >= 11 is 0. The maximum Gasteiger partial charge on any atom is 0.265 e. The topological polar surface area (TPSA) is 46.1 Å². The van der Waals surface area contributed by atoms with Gasteiger partial charge in [-0.15, -0.1) is 5.10 Å². The third-order valence-electron chi connectivity index (χ3n) is 4.63. The van der Waals surface area contributed by atoms with Crippen molar-refractivity contribution in [2.75, 3.05) is 4.90 Å². The number of aromatic nitrogens is 2. The minimum absolute atomic E-state index is 0.209. The van der Waals surface area contributed by atoms with Gasteiger partial charge in [0.1, 0.15) is 5.69 Å². The minimum Gasteiger partial charge on any atom is -0.284 e. The largest absolute Gasteiger partial charge is 0.284 e. The summed E-state index contributed by atoms with van der Waals surface area (Å²) in [6.07, 6.45) is 3.17. The van der Waals surface area contributed by atoms with Crippen LogP contribution in [0.25, 0.3) is 22.4 Å². The maximum absolute atomic E-state index is 13.8. The zero-order valence-corrected chi connectivity index (χ0v) is 15.8. The van der Waals surface area contributed by atoms with Crippen molar-refractivity contribution in [3.63, 3.8) is 0 Å². The van der Waals surface area contributed by atoms with Crippen molar-refractivity contribution < 1.29 is 4.79 Å². The summed E-state index contributed by atoms with van der Waals surface area (Å²) in [7, 11) is 0. The number of nitrogens with zero attached hydrogens (tertiary/aromatic N) is 3. The molecule has 0 aliphatic heterocycles. The van der Waals surface area contributed by atoms with Gasteiger partial charge in [0.15, 0.2) is 0 Å². The lowest BCUT2D eigenvalue weighted by Crippen LogP contribution is -2.26. The van der Waals surface area contributed by atoms with E-state index in [1.54, 1.807) is 6.20 Å². The molecule has 4 aromatic rings. The van der Waals surface area contributed by atoms with Crippen molar-refractivity contribution in [1.29, 1.82) is 0 Å². The molecule has 0 aliphatic carbocycles. The molecule has 3 aromatic carbocycles. The Morgan fingerprint density at radius 1 is 0.793 bits per heavy atom. The van der Waals surface area contributed by atoms with Gasteiger partial charge in [0.2, 0.25) is 0 Å². The summed E-state index contributed by atoms with van der Waals surface area (Å²) in [5.41, 5.74) is 4.23. The molecule has 0 unspecified atom stereocenters. The lowest BCUT2D eigenvalue weighted by atomic mass is 9.96. The number of amides is 1. The lowest BCUT2D eigenvalue weighted by molar-refractivity contribution is 0.0998. The van der Waals surface area contributed by atoms with E-state index >= 15 is 0 Å². The van der Waals surface area contributed by atoms with Gasteiger partial charge in [-0.05, 0) is 17.7 Å². The van der Waals surface area contributed by atoms with Crippen LogP contribution >= 0.6 is 0 Å². The van der Waals surface area contributed by atoms with Gasteiger partial charge >= 0.3 is 0 Å². The molecule has 4 nitrogen and oxygen atoms in total. The maximum atomic E-state index is 13.8. The standard InChI is InChI=1S/C25H19N3O/c1-2-28(21-16-10-5-11-17-21)25(29)23-22(19-12-6-3-7-13-19)18-26-27-24(23)20-14-8-4-9-15-20/h2-18H,1H2. The third-order valence-corrected chi connectivity index (χ3v) is 4.63. The molecule has 0 atom stereocenters. The van der Waals surface area contributed by atoms with Gasteiger partial charge in [-0.1, -0.05) is 85.4 Å². The van der Waals surface area contributed by atoms with Crippen LogP contribution in [-0.2, 0) is 0 Å². The fourth-order valence-electron chi connectivity index (χ4n) is 3.25. The molecule has 0 spiro atoms. The van der Waals surface area contributed by atoms with Crippen LogP contribution in [0, 0.1) is 0 Å². The van der Waals surface area contributed by atoms with Crippen molar-refractivity contribution >= 4 is 11.6 Å². The summed E-state index contributed by atoms with van der Waals surface area (Å²) in [6, 6.07) is 28.8. The Kier molecular flexibility index (Phi) is 5.25. The average molecular weight is 377 g/mol. The van der Waals surface area contributed by atoms with Crippen molar-refractivity contribution in [3.05, 3.63) is 116 Å². The molecule has 140 valence electrons. The fourth-order valence-corrected chi connectivity index (χ4v) is 3.25. The van der Waals surface area contributed by atoms with Crippen LogP contribution in [-0.4, -0.2) is 16.1 Å². The molecule has 1 amide bonds. The number of carbonyl (C=O) groups is 1. The van der Waals surface area contributed by atoms with Crippen molar-refractivity contribution in [3.8, 4) is 22.4 Å². The van der Waals surface area contributed by atoms with Crippen molar-refractivity contribution in [1.82, 2.24) is 10.2 Å². The number of para-hydroxylation sites is 1. The Morgan fingerprint density at radius 3 is 1.93 bits per heavy atom. The Morgan fingerprint density at radius 2 is 1.34 bits per heavy atom. The molecule has 0 saturated carbocycles. The van der Waals surface area contributed by atoms with E-state index in [2.05, 4.69) is 16.8 Å². The average Bonchev–Trinajstić information content (AvgIpc) is 2.81. The van der Waals surface area contributed by atoms with Gasteiger partial charge in [-0.25, -0.2) is 0 Å². The molecule has 4 rings (SSSR count). The molecule has 0 fully saturated rings. The highest BCUT2D eigenvalue weighted by atomic mass is 16.2. The highest BCUT2D eigenvalue weighted by Crippen LogP contribution is 2.32. The van der Waals surface area contributed by atoms with E-state index in [4.69, 9.17) is 0 Å². The Balaban J connectivity index is 1.94. The van der Waals surface area contributed by atoms with Crippen LogP contribution in [0.15, 0.2) is 110 Å².